The lowest BCUT2D eigenvalue weighted by Crippen LogP contribution is -2.47. The van der Waals surface area contributed by atoms with E-state index in [0.717, 1.165) is 49.2 Å². The molecule has 4 heteroatoms. The topological polar surface area (TPSA) is 35.9 Å². The Balaban J connectivity index is 1.79. The third-order valence-electron chi connectivity index (χ3n) is 4.40. The number of hydrogen-bond acceptors (Lipinski definition) is 4. The number of benzene rings is 1. The van der Waals surface area contributed by atoms with Gasteiger partial charge in [-0.2, -0.15) is 0 Å². The van der Waals surface area contributed by atoms with Crippen LogP contribution in [-0.2, 0) is 0 Å². The molecule has 2 aliphatic rings. The standard InChI is InChI=1S/C16H24N2O2/c1-12(19)16-14(4-3-5-15(16)20-2)18-10-8-17(9-11-18)13-6-7-13/h3-5,12-13,19H,6-11H2,1-2H3/t12-/m1/s1. The number of rotatable bonds is 4. The molecule has 1 aliphatic heterocycles. The van der Waals surface area contributed by atoms with E-state index >= 15 is 0 Å². The predicted octanol–water partition coefficient (Wildman–Crippen LogP) is 2.03. The Morgan fingerprint density at radius 3 is 2.45 bits per heavy atom. The molecule has 0 spiro atoms. The van der Waals surface area contributed by atoms with Gasteiger partial charge in [-0.05, 0) is 31.9 Å². The minimum atomic E-state index is -0.511. The van der Waals surface area contributed by atoms with Gasteiger partial charge in [-0.1, -0.05) is 6.07 Å². The van der Waals surface area contributed by atoms with Crippen molar-refractivity contribution in [3.8, 4) is 5.75 Å². The van der Waals surface area contributed by atoms with Crippen molar-refractivity contribution in [2.75, 3.05) is 38.2 Å². The average Bonchev–Trinajstić information content (AvgIpc) is 3.31. The molecule has 1 aromatic rings. The van der Waals surface area contributed by atoms with Crippen LogP contribution in [0.25, 0.3) is 0 Å². The summed E-state index contributed by atoms with van der Waals surface area (Å²) in [5.74, 6) is 0.780. The van der Waals surface area contributed by atoms with E-state index in [1.165, 1.54) is 12.8 Å². The van der Waals surface area contributed by atoms with E-state index in [9.17, 15) is 5.11 Å². The Kier molecular flexibility index (Phi) is 3.85. The molecule has 0 unspecified atom stereocenters. The minimum Gasteiger partial charge on any atom is -0.496 e. The van der Waals surface area contributed by atoms with Crippen molar-refractivity contribution in [3.63, 3.8) is 0 Å². The summed E-state index contributed by atoms with van der Waals surface area (Å²) in [6, 6.07) is 6.87. The van der Waals surface area contributed by atoms with Gasteiger partial charge in [0.1, 0.15) is 5.75 Å². The zero-order chi connectivity index (χ0) is 14.1. The number of ether oxygens (including phenoxy) is 1. The minimum absolute atomic E-state index is 0.511. The maximum atomic E-state index is 10.1. The molecule has 0 bridgehead atoms. The third-order valence-corrected chi connectivity index (χ3v) is 4.40. The van der Waals surface area contributed by atoms with Gasteiger partial charge in [0.15, 0.2) is 0 Å². The fraction of sp³-hybridized carbons (Fsp3) is 0.625. The normalized spacial score (nSPS) is 21.9. The molecule has 110 valence electrons. The zero-order valence-corrected chi connectivity index (χ0v) is 12.4. The van der Waals surface area contributed by atoms with Crippen LogP contribution in [-0.4, -0.2) is 49.3 Å². The number of methoxy groups -OCH3 is 1. The summed E-state index contributed by atoms with van der Waals surface area (Å²) in [4.78, 5) is 4.97. The van der Waals surface area contributed by atoms with E-state index in [2.05, 4.69) is 15.9 Å². The molecule has 3 rings (SSSR count). The summed E-state index contributed by atoms with van der Waals surface area (Å²) in [7, 11) is 1.66. The fourth-order valence-electron chi connectivity index (χ4n) is 3.17. The molecule has 1 saturated heterocycles. The van der Waals surface area contributed by atoms with Crippen LogP contribution in [0.1, 0.15) is 31.4 Å². The van der Waals surface area contributed by atoms with Gasteiger partial charge in [-0.25, -0.2) is 0 Å². The fourth-order valence-corrected chi connectivity index (χ4v) is 3.17. The summed E-state index contributed by atoms with van der Waals surface area (Å²) in [5.41, 5.74) is 2.03. The van der Waals surface area contributed by atoms with Gasteiger partial charge >= 0.3 is 0 Å². The van der Waals surface area contributed by atoms with Gasteiger partial charge in [-0.15, -0.1) is 0 Å². The summed E-state index contributed by atoms with van der Waals surface area (Å²) >= 11 is 0. The van der Waals surface area contributed by atoms with Gasteiger partial charge in [0.2, 0.25) is 0 Å². The highest BCUT2D eigenvalue weighted by Crippen LogP contribution is 2.36. The van der Waals surface area contributed by atoms with Crippen LogP contribution in [0, 0.1) is 0 Å². The van der Waals surface area contributed by atoms with E-state index in [-0.39, 0.29) is 0 Å². The highest BCUT2D eigenvalue weighted by molar-refractivity contribution is 5.60. The molecular formula is C16H24N2O2. The number of hydrogen-bond donors (Lipinski definition) is 1. The molecule has 4 nitrogen and oxygen atoms in total. The number of piperazine rings is 1. The first-order chi connectivity index (χ1) is 9.70. The Morgan fingerprint density at radius 2 is 1.90 bits per heavy atom. The van der Waals surface area contributed by atoms with Crippen LogP contribution in [0.4, 0.5) is 5.69 Å². The van der Waals surface area contributed by atoms with Crippen molar-refractivity contribution in [2.24, 2.45) is 0 Å². The molecule has 1 aliphatic carbocycles. The second kappa shape index (κ2) is 5.62. The smallest absolute Gasteiger partial charge is 0.126 e. The Labute approximate surface area is 120 Å². The van der Waals surface area contributed by atoms with Gasteiger partial charge < -0.3 is 14.7 Å². The molecule has 20 heavy (non-hydrogen) atoms. The largest absolute Gasteiger partial charge is 0.496 e. The SMILES string of the molecule is COc1cccc(N2CCN(C3CC3)CC2)c1[C@@H](C)O. The highest BCUT2D eigenvalue weighted by atomic mass is 16.5. The first-order valence-corrected chi connectivity index (χ1v) is 7.54. The molecule has 1 saturated carbocycles. The molecule has 0 amide bonds. The van der Waals surface area contributed by atoms with Gasteiger partial charge in [0.05, 0.1) is 13.2 Å². The van der Waals surface area contributed by atoms with E-state index in [1.807, 2.05) is 19.1 Å². The van der Waals surface area contributed by atoms with E-state index in [1.54, 1.807) is 7.11 Å². The van der Waals surface area contributed by atoms with Crippen LogP contribution in [0.2, 0.25) is 0 Å². The second-order valence-corrected chi connectivity index (χ2v) is 5.82. The van der Waals surface area contributed by atoms with Gasteiger partial charge in [-0.3, -0.25) is 4.90 Å². The lowest BCUT2D eigenvalue weighted by Gasteiger charge is -2.37. The number of aliphatic hydroxyl groups excluding tert-OH is 1. The number of anilines is 1. The molecule has 0 radical (unpaired) electrons. The Morgan fingerprint density at radius 1 is 1.20 bits per heavy atom. The van der Waals surface area contributed by atoms with Crippen molar-refractivity contribution >= 4 is 5.69 Å². The van der Waals surface area contributed by atoms with Crippen molar-refractivity contribution < 1.29 is 9.84 Å². The lowest BCUT2D eigenvalue weighted by atomic mass is 10.0. The Hall–Kier alpha value is -1.26. The summed E-state index contributed by atoms with van der Waals surface area (Å²) in [6.07, 6.45) is 2.23. The first kappa shape index (κ1) is 13.7. The van der Waals surface area contributed by atoms with Crippen molar-refractivity contribution in [2.45, 2.75) is 31.9 Å². The first-order valence-electron chi connectivity index (χ1n) is 7.54. The average molecular weight is 276 g/mol. The maximum absolute atomic E-state index is 10.1. The van der Waals surface area contributed by atoms with E-state index in [0.29, 0.717) is 0 Å². The zero-order valence-electron chi connectivity index (χ0n) is 12.4. The van der Waals surface area contributed by atoms with E-state index < -0.39 is 6.10 Å². The molecule has 1 aromatic carbocycles. The number of aliphatic hydroxyl groups is 1. The lowest BCUT2D eigenvalue weighted by molar-refractivity contribution is 0.193. The molecule has 1 N–H and O–H groups in total. The van der Waals surface area contributed by atoms with Crippen LogP contribution < -0.4 is 9.64 Å². The summed E-state index contributed by atoms with van der Waals surface area (Å²) < 4.78 is 5.41. The quantitative estimate of drug-likeness (QED) is 0.913. The summed E-state index contributed by atoms with van der Waals surface area (Å²) in [5, 5.41) is 10.1. The van der Waals surface area contributed by atoms with Crippen LogP contribution in [0.3, 0.4) is 0 Å². The summed E-state index contributed by atoms with van der Waals surface area (Å²) in [6.45, 7) is 6.12. The van der Waals surface area contributed by atoms with Crippen LogP contribution in [0.5, 0.6) is 5.75 Å². The number of nitrogens with zero attached hydrogens (tertiary/aromatic N) is 2. The molecule has 1 heterocycles. The van der Waals surface area contributed by atoms with Crippen molar-refractivity contribution in [1.29, 1.82) is 0 Å². The van der Waals surface area contributed by atoms with Crippen molar-refractivity contribution in [3.05, 3.63) is 23.8 Å². The van der Waals surface area contributed by atoms with E-state index in [4.69, 9.17) is 4.74 Å². The monoisotopic (exact) mass is 276 g/mol. The maximum Gasteiger partial charge on any atom is 0.126 e. The van der Waals surface area contributed by atoms with Crippen LogP contribution >= 0.6 is 0 Å². The van der Waals surface area contributed by atoms with Gasteiger partial charge in [0, 0.05) is 43.5 Å². The molecule has 1 atom stereocenters. The molecule has 2 fully saturated rings. The molecule has 0 aromatic heterocycles. The van der Waals surface area contributed by atoms with Crippen molar-refractivity contribution in [1.82, 2.24) is 4.90 Å². The second-order valence-electron chi connectivity index (χ2n) is 5.82. The predicted molar refractivity (Wildman–Crippen MR) is 80.4 cm³/mol. The third kappa shape index (κ3) is 2.63. The van der Waals surface area contributed by atoms with Gasteiger partial charge in [0.25, 0.3) is 0 Å². The molecular weight excluding hydrogens is 252 g/mol. The highest BCUT2D eigenvalue weighted by Gasteiger charge is 2.32. The Bertz CT molecular complexity index is 464. The van der Waals surface area contributed by atoms with Crippen LogP contribution in [0.15, 0.2) is 18.2 Å².